The van der Waals surface area contributed by atoms with Gasteiger partial charge in [-0.15, -0.1) is 11.3 Å². The summed E-state index contributed by atoms with van der Waals surface area (Å²) < 4.78 is 0. The number of thiophene rings is 1. The summed E-state index contributed by atoms with van der Waals surface area (Å²) >= 11 is 3.47. The van der Waals surface area contributed by atoms with Crippen molar-refractivity contribution in [3.8, 4) is 0 Å². The summed E-state index contributed by atoms with van der Waals surface area (Å²) in [5.74, 6) is 0.972. The highest BCUT2D eigenvalue weighted by Crippen LogP contribution is 2.40. The molecule has 0 aliphatic heterocycles. The fourth-order valence-corrected chi connectivity index (χ4v) is 5.28. The van der Waals surface area contributed by atoms with E-state index in [-0.39, 0.29) is 0 Å². The van der Waals surface area contributed by atoms with Crippen molar-refractivity contribution in [2.24, 2.45) is 0 Å². The van der Waals surface area contributed by atoms with Crippen molar-refractivity contribution in [3.05, 3.63) is 40.3 Å². The zero-order valence-electron chi connectivity index (χ0n) is 15.5. The van der Waals surface area contributed by atoms with E-state index in [0.717, 1.165) is 34.3 Å². The molecule has 3 aromatic rings. The minimum atomic E-state index is 0.846. The molecule has 0 unspecified atom stereocenters. The first kappa shape index (κ1) is 17.8. The van der Waals surface area contributed by atoms with E-state index in [4.69, 9.17) is 9.97 Å². The van der Waals surface area contributed by atoms with Gasteiger partial charge in [0.2, 0.25) is 0 Å². The van der Waals surface area contributed by atoms with Crippen molar-refractivity contribution in [1.82, 2.24) is 9.97 Å². The Kier molecular flexibility index (Phi) is 5.46. The highest BCUT2D eigenvalue weighted by Gasteiger charge is 2.21. The second-order valence-corrected chi connectivity index (χ2v) is 8.73. The van der Waals surface area contributed by atoms with Gasteiger partial charge in [-0.2, -0.15) is 0 Å². The van der Waals surface area contributed by atoms with E-state index in [1.807, 2.05) is 17.6 Å². The number of nitrogens with one attached hydrogen (secondary N) is 1. The molecule has 1 aliphatic rings. The van der Waals surface area contributed by atoms with Crippen molar-refractivity contribution in [2.75, 3.05) is 11.6 Å². The first-order valence-corrected chi connectivity index (χ1v) is 11.5. The van der Waals surface area contributed by atoms with Gasteiger partial charge in [-0.05, 0) is 68.0 Å². The molecule has 2 aromatic heterocycles. The van der Waals surface area contributed by atoms with Crippen molar-refractivity contribution in [2.45, 2.75) is 57.0 Å². The van der Waals surface area contributed by atoms with Crippen LogP contribution in [0, 0.1) is 0 Å². The van der Waals surface area contributed by atoms with Gasteiger partial charge in [0, 0.05) is 10.6 Å². The van der Waals surface area contributed by atoms with Crippen molar-refractivity contribution >= 4 is 44.8 Å². The van der Waals surface area contributed by atoms with Gasteiger partial charge in [0.1, 0.15) is 10.6 Å². The van der Waals surface area contributed by atoms with Crippen molar-refractivity contribution in [1.29, 1.82) is 0 Å². The molecule has 0 fully saturated rings. The predicted octanol–water partition coefficient (Wildman–Crippen LogP) is 6.38. The maximum atomic E-state index is 4.81. The molecule has 0 radical (unpaired) electrons. The molecule has 1 aromatic carbocycles. The lowest BCUT2D eigenvalue weighted by Gasteiger charge is -2.13. The molecule has 0 saturated carbocycles. The number of hydrogen-bond acceptors (Lipinski definition) is 5. The van der Waals surface area contributed by atoms with Crippen LogP contribution in [0.5, 0.6) is 0 Å². The number of aromatic nitrogens is 2. The molecule has 1 aliphatic carbocycles. The molecular weight excluding hydrogens is 358 g/mol. The highest BCUT2D eigenvalue weighted by atomic mass is 32.2. The van der Waals surface area contributed by atoms with Crippen LogP contribution in [0.3, 0.4) is 0 Å². The van der Waals surface area contributed by atoms with Gasteiger partial charge in [0.25, 0.3) is 0 Å². The van der Waals surface area contributed by atoms with E-state index >= 15 is 0 Å². The van der Waals surface area contributed by atoms with Crippen LogP contribution in [-0.2, 0) is 19.3 Å². The standard InChI is InChI=1S/C21H25N3S2/c1-3-4-7-14-10-12-15(13-11-14)22-19-18-16-8-5-6-9-17(16)26-20(18)24-21(23-19)25-2/h10-13H,3-9H2,1-2H3,(H,22,23,24). The Labute approximate surface area is 163 Å². The second kappa shape index (κ2) is 7.97. The van der Waals surface area contributed by atoms with Crippen LogP contribution in [0.2, 0.25) is 0 Å². The van der Waals surface area contributed by atoms with E-state index in [0.29, 0.717) is 0 Å². The van der Waals surface area contributed by atoms with Gasteiger partial charge in [-0.25, -0.2) is 9.97 Å². The largest absolute Gasteiger partial charge is 0.340 e. The topological polar surface area (TPSA) is 37.8 Å². The third-order valence-electron chi connectivity index (χ3n) is 5.01. The van der Waals surface area contributed by atoms with Gasteiger partial charge >= 0.3 is 0 Å². The quantitative estimate of drug-likeness (QED) is 0.396. The molecule has 3 nitrogen and oxygen atoms in total. The number of hydrogen-bond donors (Lipinski definition) is 1. The average Bonchev–Trinajstić information content (AvgIpc) is 3.06. The first-order valence-electron chi connectivity index (χ1n) is 9.50. The minimum absolute atomic E-state index is 0.846. The van der Waals surface area contributed by atoms with E-state index in [9.17, 15) is 0 Å². The van der Waals surface area contributed by atoms with Gasteiger partial charge in [0.05, 0.1) is 5.39 Å². The molecule has 0 bridgehead atoms. The van der Waals surface area contributed by atoms with Gasteiger partial charge in [0.15, 0.2) is 5.16 Å². The van der Waals surface area contributed by atoms with Crippen LogP contribution in [0.25, 0.3) is 10.2 Å². The van der Waals surface area contributed by atoms with Crippen molar-refractivity contribution in [3.63, 3.8) is 0 Å². The molecule has 1 N–H and O–H groups in total. The summed E-state index contributed by atoms with van der Waals surface area (Å²) in [6.45, 7) is 2.24. The zero-order chi connectivity index (χ0) is 17.9. The lowest BCUT2D eigenvalue weighted by Crippen LogP contribution is -2.02. The Morgan fingerprint density at radius 2 is 1.92 bits per heavy atom. The van der Waals surface area contributed by atoms with Crippen LogP contribution < -0.4 is 5.32 Å². The molecule has 2 heterocycles. The van der Waals surface area contributed by atoms with Crippen LogP contribution in [0.4, 0.5) is 11.5 Å². The third-order valence-corrected chi connectivity index (χ3v) is 6.75. The van der Waals surface area contributed by atoms with Crippen LogP contribution in [-0.4, -0.2) is 16.2 Å². The maximum absolute atomic E-state index is 4.81. The summed E-state index contributed by atoms with van der Waals surface area (Å²) in [6, 6.07) is 8.82. The third kappa shape index (κ3) is 3.60. The molecular formula is C21H25N3S2. The Morgan fingerprint density at radius 1 is 1.12 bits per heavy atom. The number of aryl methyl sites for hydroxylation is 3. The molecule has 0 saturated heterocycles. The number of benzene rings is 1. The molecule has 5 heteroatoms. The highest BCUT2D eigenvalue weighted by molar-refractivity contribution is 7.98. The van der Waals surface area contributed by atoms with Crippen LogP contribution in [0.15, 0.2) is 29.4 Å². The average molecular weight is 384 g/mol. The van der Waals surface area contributed by atoms with Crippen LogP contribution in [0.1, 0.15) is 48.6 Å². The number of rotatable bonds is 6. The Bertz CT molecular complexity index is 900. The summed E-state index contributed by atoms with van der Waals surface area (Å²) in [5, 5.41) is 5.68. The second-order valence-electron chi connectivity index (χ2n) is 6.88. The SMILES string of the molecule is CCCCc1ccc(Nc2nc(SC)nc3sc4c(c23)CCCC4)cc1. The number of anilines is 2. The Balaban J connectivity index is 1.69. The summed E-state index contributed by atoms with van der Waals surface area (Å²) in [4.78, 5) is 12.2. The predicted molar refractivity (Wildman–Crippen MR) is 114 cm³/mol. The van der Waals surface area contributed by atoms with Crippen LogP contribution >= 0.6 is 23.1 Å². The Hall–Kier alpha value is -1.59. The number of thioether (sulfide) groups is 1. The first-order chi connectivity index (χ1) is 12.8. The lowest BCUT2D eigenvalue weighted by molar-refractivity contribution is 0.700. The van der Waals surface area contributed by atoms with E-state index in [2.05, 4.69) is 36.5 Å². The van der Waals surface area contributed by atoms with Gasteiger partial charge in [-0.3, -0.25) is 0 Å². The number of fused-ring (bicyclic) bond motifs is 3. The fourth-order valence-electron chi connectivity index (χ4n) is 3.59. The van der Waals surface area contributed by atoms with Gasteiger partial charge in [-0.1, -0.05) is 37.2 Å². The van der Waals surface area contributed by atoms with E-state index in [1.165, 1.54) is 53.5 Å². The molecule has 136 valence electrons. The molecule has 0 atom stereocenters. The van der Waals surface area contributed by atoms with Crippen molar-refractivity contribution < 1.29 is 0 Å². The van der Waals surface area contributed by atoms with Gasteiger partial charge < -0.3 is 5.32 Å². The van der Waals surface area contributed by atoms with E-state index in [1.54, 1.807) is 11.8 Å². The lowest BCUT2D eigenvalue weighted by atomic mass is 9.97. The molecule has 0 amide bonds. The fraction of sp³-hybridized carbons (Fsp3) is 0.429. The zero-order valence-corrected chi connectivity index (χ0v) is 17.1. The maximum Gasteiger partial charge on any atom is 0.190 e. The molecule has 26 heavy (non-hydrogen) atoms. The molecule has 0 spiro atoms. The summed E-state index contributed by atoms with van der Waals surface area (Å²) in [5.41, 5.74) is 3.99. The normalized spacial score (nSPS) is 13.8. The number of nitrogens with zero attached hydrogens (tertiary/aromatic N) is 2. The monoisotopic (exact) mass is 383 g/mol. The minimum Gasteiger partial charge on any atom is -0.340 e. The van der Waals surface area contributed by atoms with E-state index < -0.39 is 0 Å². The summed E-state index contributed by atoms with van der Waals surface area (Å²) in [6.07, 6.45) is 10.6. The molecule has 4 rings (SSSR count). The number of unbranched alkanes of at least 4 members (excludes halogenated alkanes) is 1. The Morgan fingerprint density at radius 3 is 2.69 bits per heavy atom. The smallest absolute Gasteiger partial charge is 0.190 e. The summed E-state index contributed by atoms with van der Waals surface area (Å²) in [7, 11) is 0.